The van der Waals surface area contributed by atoms with Crippen molar-refractivity contribution in [1.29, 1.82) is 0 Å². The van der Waals surface area contributed by atoms with Crippen LogP contribution in [-0.2, 0) is 0 Å². The molecular formula is C20H25N3O2. The van der Waals surface area contributed by atoms with E-state index in [9.17, 15) is 0 Å². The van der Waals surface area contributed by atoms with E-state index in [1.807, 2.05) is 26.0 Å². The molecule has 0 aromatic carbocycles. The summed E-state index contributed by atoms with van der Waals surface area (Å²) >= 11 is 0. The molecule has 5 nitrogen and oxygen atoms in total. The summed E-state index contributed by atoms with van der Waals surface area (Å²) < 4.78 is 11.0. The van der Waals surface area contributed by atoms with Crippen molar-refractivity contribution in [1.82, 2.24) is 15.0 Å². The number of rotatable bonds is 5. The Bertz CT molecular complexity index is 722. The number of nitrogens with zero attached hydrogens (tertiary/aromatic N) is 3. The molecule has 2 heterocycles. The summed E-state index contributed by atoms with van der Waals surface area (Å²) in [6.07, 6.45) is 11.7. The molecule has 0 spiro atoms. The average Bonchev–Trinajstić information content (AvgIpc) is 3.34. The minimum atomic E-state index is 0.485. The number of methoxy groups -OCH3 is 1. The van der Waals surface area contributed by atoms with Crippen molar-refractivity contribution in [3.63, 3.8) is 0 Å². The molecule has 0 bridgehead atoms. The van der Waals surface area contributed by atoms with Crippen molar-refractivity contribution in [2.45, 2.75) is 39.0 Å². The molecule has 0 saturated heterocycles. The lowest BCUT2D eigenvalue weighted by Crippen LogP contribution is -2.05. The van der Waals surface area contributed by atoms with Crippen LogP contribution in [0.15, 0.2) is 36.7 Å². The first-order valence-corrected chi connectivity index (χ1v) is 8.75. The van der Waals surface area contributed by atoms with Gasteiger partial charge in [-0.25, -0.2) is 4.98 Å². The van der Waals surface area contributed by atoms with Gasteiger partial charge in [-0.15, -0.1) is 0 Å². The first-order valence-electron chi connectivity index (χ1n) is 8.75. The van der Waals surface area contributed by atoms with Gasteiger partial charge in [-0.05, 0) is 45.2 Å². The standard InChI is InChI=1S/C16H19N3O2.C4H6/c1-10-7-17-11(2)19-16(10)21-9-12-6-14(12)15-5-4-13(20-3)8-18-15;1-2-4-3-1/h4-5,7-8,12,14H,6,9H2,1-3H3;1-2H,3-4H2. The average molecular weight is 339 g/mol. The highest BCUT2D eigenvalue weighted by Gasteiger charge is 2.40. The smallest absolute Gasteiger partial charge is 0.219 e. The zero-order valence-corrected chi connectivity index (χ0v) is 15.1. The molecule has 2 aromatic rings. The Labute approximate surface area is 149 Å². The Kier molecular flexibility index (Phi) is 5.64. The lowest BCUT2D eigenvalue weighted by molar-refractivity contribution is 0.282. The molecule has 2 aliphatic carbocycles. The molecule has 5 heteroatoms. The van der Waals surface area contributed by atoms with E-state index in [0.29, 0.717) is 24.3 Å². The highest BCUT2D eigenvalue weighted by atomic mass is 16.5. The van der Waals surface area contributed by atoms with Crippen molar-refractivity contribution >= 4 is 0 Å². The van der Waals surface area contributed by atoms with Gasteiger partial charge in [0, 0.05) is 29.3 Å². The molecule has 25 heavy (non-hydrogen) atoms. The Morgan fingerprint density at radius 2 is 1.84 bits per heavy atom. The summed E-state index contributed by atoms with van der Waals surface area (Å²) in [4.78, 5) is 12.9. The van der Waals surface area contributed by atoms with Crippen molar-refractivity contribution in [3.8, 4) is 11.6 Å². The van der Waals surface area contributed by atoms with Gasteiger partial charge < -0.3 is 9.47 Å². The number of allylic oxidation sites excluding steroid dienone is 2. The molecule has 132 valence electrons. The summed E-state index contributed by atoms with van der Waals surface area (Å²) in [7, 11) is 1.65. The van der Waals surface area contributed by atoms with Gasteiger partial charge in [0.05, 0.1) is 19.9 Å². The Morgan fingerprint density at radius 1 is 1.08 bits per heavy atom. The van der Waals surface area contributed by atoms with Gasteiger partial charge in [-0.3, -0.25) is 4.98 Å². The molecular weight excluding hydrogens is 314 g/mol. The fourth-order valence-corrected chi connectivity index (χ4v) is 2.53. The second-order valence-corrected chi connectivity index (χ2v) is 6.49. The second kappa shape index (κ2) is 8.10. The van der Waals surface area contributed by atoms with E-state index in [1.54, 1.807) is 19.5 Å². The van der Waals surface area contributed by atoms with Crippen molar-refractivity contribution in [2.24, 2.45) is 5.92 Å². The zero-order valence-electron chi connectivity index (χ0n) is 15.1. The number of pyridine rings is 1. The Hall–Kier alpha value is -2.43. The molecule has 2 unspecified atom stereocenters. The van der Waals surface area contributed by atoms with Crippen LogP contribution in [0.25, 0.3) is 0 Å². The van der Waals surface area contributed by atoms with Gasteiger partial charge in [0.2, 0.25) is 5.88 Å². The lowest BCUT2D eigenvalue weighted by Gasteiger charge is -2.08. The molecule has 1 saturated carbocycles. The van der Waals surface area contributed by atoms with Gasteiger partial charge >= 0.3 is 0 Å². The van der Waals surface area contributed by atoms with E-state index < -0.39 is 0 Å². The Balaban J connectivity index is 0.000000401. The summed E-state index contributed by atoms with van der Waals surface area (Å²) in [5.41, 5.74) is 2.08. The maximum Gasteiger partial charge on any atom is 0.219 e. The van der Waals surface area contributed by atoms with Gasteiger partial charge in [0.25, 0.3) is 0 Å². The van der Waals surface area contributed by atoms with Gasteiger partial charge in [0.1, 0.15) is 11.6 Å². The van der Waals surface area contributed by atoms with Gasteiger partial charge in [-0.2, -0.15) is 4.98 Å². The monoisotopic (exact) mass is 339 g/mol. The SMILES string of the molecule is C1=CCC1.COc1ccc(C2CC2COc2nc(C)ncc2C)nc1. The van der Waals surface area contributed by atoms with Crippen LogP contribution in [0.4, 0.5) is 0 Å². The van der Waals surface area contributed by atoms with Gasteiger partial charge in [-0.1, -0.05) is 12.2 Å². The number of aromatic nitrogens is 3. The van der Waals surface area contributed by atoms with E-state index in [2.05, 4.69) is 27.1 Å². The molecule has 0 N–H and O–H groups in total. The zero-order chi connectivity index (χ0) is 17.6. The fraction of sp³-hybridized carbons (Fsp3) is 0.450. The fourth-order valence-electron chi connectivity index (χ4n) is 2.53. The first kappa shape index (κ1) is 17.4. The number of aryl methyl sites for hydroxylation is 2. The highest BCUT2D eigenvalue weighted by Crippen LogP contribution is 2.46. The Morgan fingerprint density at radius 3 is 2.44 bits per heavy atom. The quantitative estimate of drug-likeness (QED) is 0.770. The summed E-state index contributed by atoms with van der Waals surface area (Å²) in [6, 6.07) is 3.99. The predicted molar refractivity (Wildman–Crippen MR) is 97.0 cm³/mol. The predicted octanol–water partition coefficient (Wildman–Crippen LogP) is 4.02. The first-order chi connectivity index (χ1) is 12.2. The van der Waals surface area contributed by atoms with E-state index in [0.717, 1.165) is 29.3 Å². The van der Waals surface area contributed by atoms with Gasteiger partial charge in [0.15, 0.2) is 0 Å². The molecule has 2 atom stereocenters. The van der Waals surface area contributed by atoms with E-state index >= 15 is 0 Å². The number of hydrogen-bond acceptors (Lipinski definition) is 5. The number of hydrogen-bond donors (Lipinski definition) is 0. The second-order valence-electron chi connectivity index (χ2n) is 6.49. The lowest BCUT2D eigenvalue weighted by atomic mass is 10.1. The molecule has 2 aromatic heterocycles. The van der Waals surface area contributed by atoms with Crippen molar-refractivity contribution in [2.75, 3.05) is 13.7 Å². The summed E-state index contributed by atoms with van der Waals surface area (Å²) in [6.45, 7) is 4.51. The molecule has 1 fully saturated rings. The van der Waals surface area contributed by atoms with Crippen LogP contribution in [0, 0.1) is 19.8 Å². The van der Waals surface area contributed by atoms with Crippen LogP contribution in [0.1, 0.15) is 42.3 Å². The number of ether oxygens (including phenoxy) is 2. The highest BCUT2D eigenvalue weighted by molar-refractivity contribution is 5.26. The molecule has 4 rings (SSSR count). The van der Waals surface area contributed by atoms with E-state index in [4.69, 9.17) is 9.47 Å². The van der Waals surface area contributed by atoms with Crippen molar-refractivity contribution in [3.05, 3.63) is 53.8 Å². The molecule has 0 radical (unpaired) electrons. The van der Waals surface area contributed by atoms with E-state index in [-0.39, 0.29) is 0 Å². The third kappa shape index (κ3) is 4.78. The topological polar surface area (TPSA) is 57.1 Å². The molecule has 0 aliphatic heterocycles. The third-order valence-electron chi connectivity index (χ3n) is 4.44. The largest absolute Gasteiger partial charge is 0.495 e. The minimum Gasteiger partial charge on any atom is -0.495 e. The molecule has 2 aliphatic rings. The van der Waals surface area contributed by atoms with Crippen LogP contribution in [0.2, 0.25) is 0 Å². The van der Waals surface area contributed by atoms with Crippen LogP contribution in [0.3, 0.4) is 0 Å². The van der Waals surface area contributed by atoms with Crippen LogP contribution in [0.5, 0.6) is 11.6 Å². The van der Waals surface area contributed by atoms with Crippen LogP contribution >= 0.6 is 0 Å². The van der Waals surface area contributed by atoms with Crippen molar-refractivity contribution < 1.29 is 9.47 Å². The maximum atomic E-state index is 5.83. The summed E-state index contributed by atoms with van der Waals surface area (Å²) in [5.74, 6) is 3.22. The molecule has 0 amide bonds. The minimum absolute atomic E-state index is 0.485. The summed E-state index contributed by atoms with van der Waals surface area (Å²) in [5, 5.41) is 0. The van der Waals surface area contributed by atoms with E-state index in [1.165, 1.54) is 12.8 Å². The van der Waals surface area contributed by atoms with Crippen LogP contribution in [-0.4, -0.2) is 28.7 Å². The maximum absolute atomic E-state index is 5.83. The third-order valence-corrected chi connectivity index (χ3v) is 4.44. The van der Waals surface area contributed by atoms with Crippen LogP contribution < -0.4 is 9.47 Å². The normalized spacial score (nSPS) is 20.1.